The van der Waals surface area contributed by atoms with E-state index in [2.05, 4.69) is 26.1 Å². The smallest absolute Gasteiger partial charge is 0.258 e. The Bertz CT molecular complexity index is 770. The number of nitrogen functional groups attached to an aromatic ring is 1. The Balaban J connectivity index is 1.87. The lowest BCUT2D eigenvalue weighted by molar-refractivity contribution is 0.102. The molecule has 1 aromatic carbocycles. The maximum absolute atomic E-state index is 12.8. The number of fused-ring (bicyclic) bond motifs is 1. The van der Waals surface area contributed by atoms with E-state index in [4.69, 9.17) is 5.73 Å². The van der Waals surface area contributed by atoms with Crippen LogP contribution in [0.2, 0.25) is 0 Å². The van der Waals surface area contributed by atoms with Gasteiger partial charge >= 0.3 is 0 Å². The first-order valence-corrected chi connectivity index (χ1v) is 9.36. The molecule has 0 aliphatic heterocycles. The highest BCUT2D eigenvalue weighted by Gasteiger charge is 2.33. The number of aryl methyl sites for hydroxylation is 1. The maximum atomic E-state index is 12.8. The first-order chi connectivity index (χ1) is 11.3. The molecule has 0 saturated carbocycles. The Morgan fingerprint density at radius 3 is 2.67 bits per heavy atom. The van der Waals surface area contributed by atoms with Crippen molar-refractivity contribution in [1.29, 1.82) is 0 Å². The van der Waals surface area contributed by atoms with Gasteiger partial charge in [0.15, 0.2) is 0 Å². The van der Waals surface area contributed by atoms with Crippen molar-refractivity contribution in [3.8, 4) is 0 Å². The zero-order valence-corrected chi connectivity index (χ0v) is 15.7. The van der Waals surface area contributed by atoms with Crippen molar-refractivity contribution in [1.82, 2.24) is 0 Å². The molecule has 1 aliphatic rings. The second-order valence-electron chi connectivity index (χ2n) is 7.82. The van der Waals surface area contributed by atoms with Gasteiger partial charge in [-0.15, -0.1) is 11.3 Å². The summed E-state index contributed by atoms with van der Waals surface area (Å²) in [6.45, 7) is 8.89. The van der Waals surface area contributed by atoms with Crippen molar-refractivity contribution < 1.29 is 4.79 Å². The van der Waals surface area contributed by atoms with Crippen LogP contribution in [-0.2, 0) is 12.8 Å². The second kappa shape index (κ2) is 6.25. The van der Waals surface area contributed by atoms with Crippen LogP contribution in [0.5, 0.6) is 0 Å². The number of nitrogens with one attached hydrogen (secondary N) is 1. The molecule has 2 aromatic rings. The van der Waals surface area contributed by atoms with Gasteiger partial charge in [-0.3, -0.25) is 4.79 Å². The van der Waals surface area contributed by atoms with Crippen LogP contribution in [0.15, 0.2) is 24.3 Å². The molecule has 24 heavy (non-hydrogen) atoms. The number of para-hydroxylation sites is 1. The quantitative estimate of drug-likeness (QED) is 0.803. The van der Waals surface area contributed by atoms with Crippen LogP contribution in [-0.4, -0.2) is 5.91 Å². The number of rotatable bonds is 2. The monoisotopic (exact) mass is 342 g/mol. The SMILES string of the molecule is Cc1ccccc1NC(=O)c1c(N)sc2c1CC[C@H](C(C)(C)C)C2. The fraction of sp³-hybridized carbons (Fsp3) is 0.450. The van der Waals surface area contributed by atoms with E-state index in [0.29, 0.717) is 21.9 Å². The van der Waals surface area contributed by atoms with Crippen LogP contribution in [0, 0.1) is 18.3 Å². The van der Waals surface area contributed by atoms with E-state index in [9.17, 15) is 4.79 Å². The summed E-state index contributed by atoms with van der Waals surface area (Å²) in [6.07, 6.45) is 3.10. The molecule has 0 unspecified atom stereocenters. The topological polar surface area (TPSA) is 55.1 Å². The number of carbonyl (C=O) groups is 1. The molecule has 128 valence electrons. The fourth-order valence-corrected chi connectivity index (χ4v) is 4.69. The van der Waals surface area contributed by atoms with E-state index >= 15 is 0 Å². The lowest BCUT2D eigenvalue weighted by atomic mass is 9.72. The highest BCUT2D eigenvalue weighted by atomic mass is 32.1. The molecule has 3 N–H and O–H groups in total. The normalized spacial score (nSPS) is 17.4. The minimum Gasteiger partial charge on any atom is -0.390 e. The molecule has 3 nitrogen and oxygen atoms in total. The molecule has 4 heteroatoms. The van der Waals surface area contributed by atoms with Crippen molar-refractivity contribution in [2.24, 2.45) is 11.3 Å². The molecule has 1 amide bonds. The fourth-order valence-electron chi connectivity index (χ4n) is 3.49. The van der Waals surface area contributed by atoms with E-state index < -0.39 is 0 Å². The first kappa shape index (κ1) is 17.0. The Morgan fingerprint density at radius 1 is 1.29 bits per heavy atom. The highest BCUT2D eigenvalue weighted by Crippen LogP contribution is 2.43. The summed E-state index contributed by atoms with van der Waals surface area (Å²) in [5, 5.41) is 3.69. The summed E-state index contributed by atoms with van der Waals surface area (Å²) < 4.78 is 0. The van der Waals surface area contributed by atoms with Gasteiger partial charge in [0.2, 0.25) is 0 Å². The van der Waals surface area contributed by atoms with Gasteiger partial charge in [-0.05, 0) is 54.7 Å². The second-order valence-corrected chi connectivity index (χ2v) is 8.95. The molecule has 3 rings (SSSR count). The zero-order chi connectivity index (χ0) is 17.5. The molecule has 1 aromatic heterocycles. The maximum Gasteiger partial charge on any atom is 0.258 e. The summed E-state index contributed by atoms with van der Waals surface area (Å²) in [6, 6.07) is 7.83. The van der Waals surface area contributed by atoms with Crippen molar-refractivity contribution in [2.45, 2.75) is 47.0 Å². The van der Waals surface area contributed by atoms with Gasteiger partial charge in [0.25, 0.3) is 5.91 Å². The van der Waals surface area contributed by atoms with Crippen LogP contribution in [0.1, 0.15) is 53.6 Å². The van der Waals surface area contributed by atoms with Gasteiger partial charge in [0, 0.05) is 10.6 Å². The lowest BCUT2D eigenvalue weighted by Crippen LogP contribution is -2.27. The van der Waals surface area contributed by atoms with Crippen LogP contribution >= 0.6 is 11.3 Å². The molecule has 0 radical (unpaired) electrons. The standard InChI is InChI=1S/C20H26N2OS/c1-12-7-5-6-8-15(12)22-19(23)17-14-10-9-13(20(2,3)4)11-16(14)24-18(17)21/h5-8,13H,9-11,21H2,1-4H3,(H,22,23)/t13-/m0/s1. The van der Waals surface area contributed by atoms with Gasteiger partial charge < -0.3 is 11.1 Å². The largest absolute Gasteiger partial charge is 0.390 e. The molecule has 1 atom stereocenters. The first-order valence-electron chi connectivity index (χ1n) is 8.54. The van der Waals surface area contributed by atoms with Gasteiger partial charge in [0.1, 0.15) is 0 Å². The van der Waals surface area contributed by atoms with Crippen LogP contribution in [0.4, 0.5) is 10.7 Å². The number of hydrogen-bond acceptors (Lipinski definition) is 3. The summed E-state index contributed by atoms with van der Waals surface area (Å²) in [7, 11) is 0. The number of nitrogens with two attached hydrogens (primary N) is 1. The van der Waals surface area contributed by atoms with Gasteiger partial charge in [0.05, 0.1) is 10.6 Å². The molecule has 1 heterocycles. The van der Waals surface area contributed by atoms with E-state index in [1.165, 1.54) is 10.4 Å². The number of hydrogen-bond donors (Lipinski definition) is 2. The molecule has 1 aliphatic carbocycles. The molecular formula is C20H26N2OS. The number of benzene rings is 1. The van der Waals surface area contributed by atoms with Crippen molar-refractivity contribution in [2.75, 3.05) is 11.1 Å². The van der Waals surface area contributed by atoms with Crippen LogP contribution in [0.25, 0.3) is 0 Å². The minimum atomic E-state index is -0.0755. The van der Waals surface area contributed by atoms with Crippen molar-refractivity contribution in [3.05, 3.63) is 45.8 Å². The molecule has 0 fully saturated rings. The zero-order valence-electron chi connectivity index (χ0n) is 14.9. The summed E-state index contributed by atoms with van der Waals surface area (Å²) >= 11 is 1.60. The van der Waals surface area contributed by atoms with Crippen LogP contribution in [0.3, 0.4) is 0 Å². The third-order valence-corrected chi connectivity index (χ3v) is 6.22. The average Bonchev–Trinajstić information content (AvgIpc) is 2.83. The minimum absolute atomic E-state index is 0.0755. The Labute approximate surface area is 148 Å². The molecule has 0 bridgehead atoms. The predicted molar refractivity (Wildman–Crippen MR) is 103 cm³/mol. The number of anilines is 2. The van der Waals surface area contributed by atoms with E-state index in [-0.39, 0.29) is 5.91 Å². The predicted octanol–water partition coefficient (Wildman–Crippen LogP) is 5.04. The third-order valence-electron chi connectivity index (χ3n) is 5.14. The van der Waals surface area contributed by atoms with Gasteiger partial charge in [-0.2, -0.15) is 0 Å². The lowest BCUT2D eigenvalue weighted by Gasteiger charge is -2.33. The summed E-state index contributed by atoms with van der Waals surface area (Å²) in [4.78, 5) is 14.1. The third kappa shape index (κ3) is 3.20. The van der Waals surface area contributed by atoms with Crippen molar-refractivity contribution >= 4 is 27.9 Å². The molecular weight excluding hydrogens is 316 g/mol. The van der Waals surface area contributed by atoms with E-state index in [1.54, 1.807) is 11.3 Å². The summed E-state index contributed by atoms with van der Waals surface area (Å²) in [5.41, 5.74) is 10.3. The van der Waals surface area contributed by atoms with Gasteiger partial charge in [-0.1, -0.05) is 39.0 Å². The van der Waals surface area contributed by atoms with Crippen LogP contribution < -0.4 is 11.1 Å². The number of thiophene rings is 1. The highest BCUT2D eigenvalue weighted by molar-refractivity contribution is 7.16. The van der Waals surface area contributed by atoms with E-state index in [0.717, 1.165) is 30.5 Å². The average molecular weight is 343 g/mol. The summed E-state index contributed by atoms with van der Waals surface area (Å²) in [5.74, 6) is 0.573. The number of amides is 1. The molecule has 0 saturated heterocycles. The Hall–Kier alpha value is -1.81. The number of carbonyl (C=O) groups excluding carboxylic acids is 1. The Morgan fingerprint density at radius 2 is 2.00 bits per heavy atom. The Kier molecular flexibility index (Phi) is 4.43. The molecule has 0 spiro atoms. The van der Waals surface area contributed by atoms with Crippen molar-refractivity contribution in [3.63, 3.8) is 0 Å². The van der Waals surface area contributed by atoms with E-state index in [1.807, 2.05) is 31.2 Å². The van der Waals surface area contributed by atoms with Gasteiger partial charge in [-0.25, -0.2) is 0 Å².